The van der Waals surface area contributed by atoms with Gasteiger partial charge in [-0.2, -0.15) is 0 Å². The van der Waals surface area contributed by atoms with Gasteiger partial charge in [-0.05, 0) is 51.1 Å². The number of amides is 1. The van der Waals surface area contributed by atoms with Crippen molar-refractivity contribution in [3.05, 3.63) is 47.3 Å². The highest BCUT2D eigenvalue weighted by Crippen LogP contribution is 2.22. The second-order valence-electron chi connectivity index (χ2n) is 5.35. The number of carboxylic acid groups (broad SMARTS) is 1. The Morgan fingerprint density at radius 1 is 1.22 bits per heavy atom. The Bertz CT molecular complexity index is 732. The lowest BCUT2D eigenvalue weighted by Gasteiger charge is -2.12. The van der Waals surface area contributed by atoms with Gasteiger partial charge in [0.15, 0.2) is 0 Å². The Morgan fingerprint density at radius 3 is 2.35 bits per heavy atom. The van der Waals surface area contributed by atoms with E-state index in [2.05, 4.69) is 5.32 Å². The van der Waals surface area contributed by atoms with Gasteiger partial charge in [0.05, 0.1) is 12.7 Å². The predicted octanol–water partition coefficient (Wildman–Crippen LogP) is 2.31. The van der Waals surface area contributed by atoms with Gasteiger partial charge in [-0.15, -0.1) is 0 Å². The quantitative estimate of drug-likeness (QED) is 0.887. The second kappa shape index (κ2) is 6.56. The number of carbonyl (C=O) groups excluding carboxylic acids is 1. The monoisotopic (exact) mass is 316 g/mol. The van der Waals surface area contributed by atoms with Gasteiger partial charge in [-0.25, -0.2) is 0 Å². The second-order valence-corrected chi connectivity index (χ2v) is 5.35. The molecular weight excluding hydrogens is 296 g/mol. The third kappa shape index (κ3) is 3.36. The minimum atomic E-state index is -1.07. The number of hydrogen-bond acceptors (Lipinski definition) is 3. The first-order valence-corrected chi connectivity index (χ1v) is 7.22. The maximum Gasteiger partial charge on any atom is 0.325 e. The highest BCUT2D eigenvalue weighted by atomic mass is 16.5. The van der Waals surface area contributed by atoms with Crippen LogP contribution in [0.25, 0.3) is 5.69 Å². The van der Waals surface area contributed by atoms with E-state index >= 15 is 0 Å². The summed E-state index contributed by atoms with van der Waals surface area (Å²) < 4.78 is 7.09. The van der Waals surface area contributed by atoms with Crippen LogP contribution in [0.2, 0.25) is 0 Å². The van der Waals surface area contributed by atoms with Crippen LogP contribution in [-0.4, -0.2) is 34.7 Å². The van der Waals surface area contributed by atoms with Gasteiger partial charge >= 0.3 is 5.97 Å². The number of aromatic nitrogens is 1. The zero-order chi connectivity index (χ0) is 17.1. The largest absolute Gasteiger partial charge is 0.497 e. The maximum absolute atomic E-state index is 12.3. The smallest absolute Gasteiger partial charge is 0.325 e. The Labute approximate surface area is 134 Å². The van der Waals surface area contributed by atoms with Gasteiger partial charge in [0.25, 0.3) is 5.91 Å². The van der Waals surface area contributed by atoms with Crippen LogP contribution in [-0.2, 0) is 4.79 Å². The summed E-state index contributed by atoms with van der Waals surface area (Å²) >= 11 is 0. The van der Waals surface area contributed by atoms with Crippen LogP contribution in [0.5, 0.6) is 5.75 Å². The van der Waals surface area contributed by atoms with Crippen molar-refractivity contribution >= 4 is 11.9 Å². The van der Waals surface area contributed by atoms with Crippen LogP contribution in [0, 0.1) is 13.8 Å². The van der Waals surface area contributed by atoms with Crippen molar-refractivity contribution in [2.45, 2.75) is 26.8 Å². The van der Waals surface area contributed by atoms with Crippen molar-refractivity contribution in [3.63, 3.8) is 0 Å². The topological polar surface area (TPSA) is 80.6 Å². The number of nitrogens with one attached hydrogen (secondary N) is 1. The van der Waals surface area contributed by atoms with Crippen LogP contribution < -0.4 is 10.1 Å². The first-order valence-electron chi connectivity index (χ1n) is 7.22. The number of aryl methyl sites for hydroxylation is 1. The molecule has 23 heavy (non-hydrogen) atoms. The van der Waals surface area contributed by atoms with Crippen LogP contribution >= 0.6 is 0 Å². The van der Waals surface area contributed by atoms with Gasteiger partial charge in [0, 0.05) is 17.1 Å². The lowest BCUT2D eigenvalue weighted by atomic mass is 10.2. The van der Waals surface area contributed by atoms with E-state index in [-0.39, 0.29) is 0 Å². The molecule has 0 saturated heterocycles. The van der Waals surface area contributed by atoms with Crippen molar-refractivity contribution in [2.75, 3.05) is 7.11 Å². The van der Waals surface area contributed by atoms with Crippen LogP contribution in [0.1, 0.15) is 28.7 Å². The molecule has 2 N–H and O–H groups in total. The summed E-state index contributed by atoms with van der Waals surface area (Å²) in [7, 11) is 1.60. The minimum Gasteiger partial charge on any atom is -0.497 e. The lowest BCUT2D eigenvalue weighted by molar-refractivity contribution is -0.138. The molecule has 122 valence electrons. The number of methoxy groups -OCH3 is 1. The molecule has 1 unspecified atom stereocenters. The zero-order valence-corrected chi connectivity index (χ0v) is 13.6. The summed E-state index contributed by atoms with van der Waals surface area (Å²) in [6.07, 6.45) is 0. The molecule has 0 spiro atoms. The molecule has 6 nitrogen and oxygen atoms in total. The van der Waals surface area contributed by atoms with Crippen molar-refractivity contribution in [1.82, 2.24) is 9.88 Å². The van der Waals surface area contributed by atoms with Crippen molar-refractivity contribution < 1.29 is 19.4 Å². The highest BCUT2D eigenvalue weighted by molar-refractivity contribution is 5.98. The van der Waals surface area contributed by atoms with Gasteiger partial charge in [0.2, 0.25) is 0 Å². The first kappa shape index (κ1) is 16.6. The summed E-state index contributed by atoms with van der Waals surface area (Å²) in [5.41, 5.74) is 3.01. The standard InChI is InChI=1S/C17H20N2O4/c1-10-9-15(16(20)18-11(2)17(21)22)12(3)19(10)13-5-7-14(23-4)8-6-13/h5-9,11H,1-4H3,(H,18,20)(H,21,22). The van der Waals surface area contributed by atoms with E-state index in [1.807, 2.05) is 42.7 Å². The molecule has 0 saturated carbocycles. The molecule has 1 atom stereocenters. The van der Waals surface area contributed by atoms with E-state index in [0.717, 1.165) is 22.8 Å². The van der Waals surface area contributed by atoms with Gasteiger partial charge in [-0.1, -0.05) is 0 Å². The summed E-state index contributed by atoms with van der Waals surface area (Å²) in [6, 6.07) is 8.32. The molecule has 2 rings (SSSR count). The summed E-state index contributed by atoms with van der Waals surface area (Å²) in [6.45, 7) is 5.16. The fourth-order valence-electron chi connectivity index (χ4n) is 2.46. The number of nitrogens with zero attached hydrogens (tertiary/aromatic N) is 1. The molecule has 1 aromatic carbocycles. The molecule has 6 heteroatoms. The SMILES string of the molecule is COc1ccc(-n2c(C)cc(C(=O)NC(C)C(=O)O)c2C)cc1. The molecule has 0 aliphatic heterocycles. The van der Waals surface area contributed by atoms with Crippen LogP contribution in [0.15, 0.2) is 30.3 Å². The molecule has 0 aliphatic carbocycles. The Morgan fingerprint density at radius 2 is 1.83 bits per heavy atom. The average molecular weight is 316 g/mol. The van der Waals surface area contributed by atoms with Gasteiger partial charge in [-0.3, -0.25) is 9.59 Å². The van der Waals surface area contributed by atoms with Crippen LogP contribution in [0.3, 0.4) is 0 Å². The van der Waals surface area contributed by atoms with E-state index < -0.39 is 17.9 Å². The number of hydrogen-bond donors (Lipinski definition) is 2. The van der Waals surface area contributed by atoms with E-state index in [1.54, 1.807) is 13.2 Å². The number of ether oxygens (including phenoxy) is 1. The molecule has 0 bridgehead atoms. The van der Waals surface area contributed by atoms with Crippen molar-refractivity contribution in [1.29, 1.82) is 0 Å². The van der Waals surface area contributed by atoms with Gasteiger partial charge in [0.1, 0.15) is 11.8 Å². The molecule has 2 aromatic rings. The van der Waals surface area contributed by atoms with E-state index in [1.165, 1.54) is 6.92 Å². The van der Waals surface area contributed by atoms with Crippen LogP contribution in [0.4, 0.5) is 0 Å². The Kier molecular flexibility index (Phi) is 4.74. The lowest BCUT2D eigenvalue weighted by Crippen LogP contribution is -2.38. The third-order valence-electron chi connectivity index (χ3n) is 3.72. The van der Waals surface area contributed by atoms with Crippen molar-refractivity contribution in [2.24, 2.45) is 0 Å². The molecule has 1 aromatic heterocycles. The van der Waals surface area contributed by atoms with Crippen molar-refractivity contribution in [3.8, 4) is 11.4 Å². The zero-order valence-electron chi connectivity index (χ0n) is 13.6. The summed E-state index contributed by atoms with van der Waals surface area (Å²) in [5, 5.41) is 11.4. The fourth-order valence-corrected chi connectivity index (χ4v) is 2.46. The van der Waals surface area contributed by atoms with E-state index in [0.29, 0.717) is 5.56 Å². The number of carbonyl (C=O) groups is 2. The number of aliphatic carboxylic acids is 1. The molecule has 0 radical (unpaired) electrons. The first-order chi connectivity index (χ1) is 10.8. The third-order valence-corrected chi connectivity index (χ3v) is 3.72. The molecule has 0 aliphatic rings. The minimum absolute atomic E-state index is 0.396. The molecule has 0 fully saturated rings. The normalized spacial score (nSPS) is 11.8. The highest BCUT2D eigenvalue weighted by Gasteiger charge is 2.20. The maximum atomic E-state index is 12.3. The number of benzene rings is 1. The van der Waals surface area contributed by atoms with E-state index in [4.69, 9.17) is 9.84 Å². The Balaban J connectivity index is 2.35. The summed E-state index contributed by atoms with van der Waals surface area (Å²) in [5.74, 6) is -0.709. The molecule has 1 amide bonds. The molecule has 1 heterocycles. The molecular formula is C17H20N2O4. The average Bonchev–Trinajstić information content (AvgIpc) is 2.82. The number of rotatable bonds is 5. The van der Waals surface area contributed by atoms with Gasteiger partial charge < -0.3 is 19.7 Å². The predicted molar refractivity (Wildman–Crippen MR) is 86.4 cm³/mol. The van der Waals surface area contributed by atoms with E-state index in [9.17, 15) is 9.59 Å². The number of carboxylic acids is 1. The Hall–Kier alpha value is -2.76. The summed E-state index contributed by atoms with van der Waals surface area (Å²) in [4.78, 5) is 23.1. The fraction of sp³-hybridized carbons (Fsp3) is 0.294.